The van der Waals surface area contributed by atoms with Crippen LogP contribution in [0.4, 0.5) is 4.79 Å². The maximum Gasteiger partial charge on any atom is 0.408 e. The molecule has 2 amide bonds. The lowest BCUT2D eigenvalue weighted by Gasteiger charge is -2.35. The molecule has 0 spiro atoms. The second-order valence-electron chi connectivity index (χ2n) is 3.98. The highest BCUT2D eigenvalue weighted by molar-refractivity contribution is 5.92. The molecule has 1 heterocycles. The second-order valence-corrected chi connectivity index (χ2v) is 3.98. The number of rotatable bonds is 4. The molecule has 1 fully saturated rings. The maximum absolute atomic E-state index is 11.4. The Morgan fingerprint density at radius 3 is 2.72 bits per heavy atom. The summed E-state index contributed by atoms with van der Waals surface area (Å²) in [5.41, 5.74) is 0.865. The molecule has 96 valence electrons. The molecule has 6 nitrogen and oxygen atoms in total. The summed E-state index contributed by atoms with van der Waals surface area (Å²) in [7, 11) is 0. The highest BCUT2D eigenvalue weighted by atomic mass is 16.5. The van der Waals surface area contributed by atoms with E-state index in [0.717, 1.165) is 5.56 Å². The fourth-order valence-electron chi connectivity index (χ4n) is 1.65. The molecular formula is C12H14N2O4. The number of hydrogen-bond acceptors (Lipinski definition) is 4. The van der Waals surface area contributed by atoms with E-state index in [1.165, 1.54) is 0 Å². The van der Waals surface area contributed by atoms with Crippen molar-refractivity contribution in [3.05, 3.63) is 35.9 Å². The molecule has 2 atom stereocenters. The Bertz CT molecular complexity index is 435. The number of aliphatic hydroxyl groups excluding tert-OH is 1. The average Bonchev–Trinajstić information content (AvgIpc) is 2.41. The van der Waals surface area contributed by atoms with E-state index in [2.05, 4.69) is 10.6 Å². The number of nitrogens with one attached hydrogen (secondary N) is 2. The minimum absolute atomic E-state index is 0.144. The van der Waals surface area contributed by atoms with Crippen molar-refractivity contribution in [2.45, 2.75) is 18.7 Å². The molecule has 0 saturated carbocycles. The molecule has 1 aliphatic rings. The highest BCUT2D eigenvalue weighted by Crippen LogP contribution is 2.06. The van der Waals surface area contributed by atoms with Gasteiger partial charge in [-0.3, -0.25) is 4.79 Å². The summed E-state index contributed by atoms with van der Waals surface area (Å²) in [6, 6.07) is 8.09. The Hall–Kier alpha value is -2.08. The van der Waals surface area contributed by atoms with Crippen LogP contribution in [0.1, 0.15) is 5.56 Å². The predicted molar refractivity (Wildman–Crippen MR) is 62.6 cm³/mol. The van der Waals surface area contributed by atoms with E-state index in [1.54, 1.807) is 0 Å². The topological polar surface area (TPSA) is 87.7 Å². The fourth-order valence-corrected chi connectivity index (χ4v) is 1.65. The summed E-state index contributed by atoms with van der Waals surface area (Å²) in [6.45, 7) is -0.0693. The number of amides is 2. The van der Waals surface area contributed by atoms with Crippen LogP contribution in [0.15, 0.2) is 30.3 Å². The van der Waals surface area contributed by atoms with E-state index in [0.29, 0.717) is 0 Å². The number of ether oxygens (including phenoxy) is 1. The van der Waals surface area contributed by atoms with Crippen molar-refractivity contribution >= 4 is 12.0 Å². The minimum Gasteiger partial charge on any atom is -0.445 e. The standard InChI is InChI=1S/C12H14N2O4/c15-6-9-10(11(16)13-9)14-12(17)18-7-8-4-2-1-3-5-8/h1-5,9-10,15H,6-7H2,(H,13,16)(H,14,17). The van der Waals surface area contributed by atoms with E-state index >= 15 is 0 Å². The van der Waals surface area contributed by atoms with Gasteiger partial charge in [-0.1, -0.05) is 30.3 Å². The quantitative estimate of drug-likeness (QED) is 0.644. The number of benzene rings is 1. The van der Waals surface area contributed by atoms with Crippen molar-refractivity contribution < 1.29 is 19.4 Å². The maximum atomic E-state index is 11.4. The molecular weight excluding hydrogens is 236 g/mol. The van der Waals surface area contributed by atoms with E-state index < -0.39 is 18.2 Å². The summed E-state index contributed by atoms with van der Waals surface area (Å²) in [4.78, 5) is 22.5. The van der Waals surface area contributed by atoms with Gasteiger partial charge in [0, 0.05) is 0 Å². The van der Waals surface area contributed by atoms with Gasteiger partial charge in [-0.2, -0.15) is 0 Å². The van der Waals surface area contributed by atoms with Crippen LogP contribution in [0.25, 0.3) is 0 Å². The predicted octanol–water partition coefficient (Wildman–Crippen LogP) is -0.228. The van der Waals surface area contributed by atoms with Crippen LogP contribution in [-0.2, 0) is 16.1 Å². The van der Waals surface area contributed by atoms with Gasteiger partial charge in [-0.15, -0.1) is 0 Å². The first-order valence-electron chi connectivity index (χ1n) is 5.59. The molecule has 0 radical (unpaired) electrons. The third kappa shape index (κ3) is 2.78. The highest BCUT2D eigenvalue weighted by Gasteiger charge is 2.40. The minimum atomic E-state index is -0.710. The summed E-state index contributed by atoms with van der Waals surface area (Å²) in [6.07, 6.45) is -0.669. The van der Waals surface area contributed by atoms with Crippen LogP contribution in [0.3, 0.4) is 0 Å². The second kappa shape index (κ2) is 5.50. The van der Waals surface area contributed by atoms with Gasteiger partial charge in [0.1, 0.15) is 12.6 Å². The fraction of sp³-hybridized carbons (Fsp3) is 0.333. The summed E-state index contributed by atoms with van der Waals surface area (Å²) < 4.78 is 4.96. The first kappa shape index (κ1) is 12.4. The van der Waals surface area contributed by atoms with Crippen LogP contribution in [0.2, 0.25) is 0 Å². The largest absolute Gasteiger partial charge is 0.445 e. The van der Waals surface area contributed by atoms with Crippen LogP contribution < -0.4 is 10.6 Å². The molecule has 1 aliphatic heterocycles. The van der Waals surface area contributed by atoms with Crippen LogP contribution in [0.5, 0.6) is 0 Å². The van der Waals surface area contributed by atoms with Crippen LogP contribution >= 0.6 is 0 Å². The van der Waals surface area contributed by atoms with E-state index in [4.69, 9.17) is 9.84 Å². The van der Waals surface area contributed by atoms with Crippen molar-refractivity contribution in [3.63, 3.8) is 0 Å². The molecule has 1 saturated heterocycles. The summed E-state index contributed by atoms with van der Waals surface area (Å²) >= 11 is 0. The van der Waals surface area contributed by atoms with Crippen molar-refractivity contribution in [1.82, 2.24) is 10.6 Å². The monoisotopic (exact) mass is 250 g/mol. The van der Waals surface area contributed by atoms with Gasteiger partial charge in [0.15, 0.2) is 0 Å². The number of β-lactam (4-membered cyclic amide) rings is 1. The number of aliphatic hydroxyl groups is 1. The molecule has 2 rings (SSSR count). The zero-order chi connectivity index (χ0) is 13.0. The Morgan fingerprint density at radius 1 is 1.39 bits per heavy atom. The third-order valence-electron chi connectivity index (χ3n) is 2.70. The molecule has 1 aromatic rings. The molecule has 0 bridgehead atoms. The lowest BCUT2D eigenvalue weighted by Crippen LogP contribution is -2.70. The molecule has 3 N–H and O–H groups in total. The lowest BCUT2D eigenvalue weighted by molar-refractivity contribution is -0.132. The normalized spacial score (nSPS) is 21.7. The molecule has 1 aromatic carbocycles. The van der Waals surface area contributed by atoms with Gasteiger partial charge in [0.2, 0.25) is 5.91 Å². The van der Waals surface area contributed by atoms with Gasteiger partial charge in [0.05, 0.1) is 12.6 Å². The first-order chi connectivity index (χ1) is 8.70. The first-order valence-corrected chi connectivity index (χ1v) is 5.59. The Balaban J connectivity index is 1.77. The molecule has 0 aromatic heterocycles. The van der Waals surface area contributed by atoms with Crippen molar-refractivity contribution in [3.8, 4) is 0 Å². The molecule has 0 aliphatic carbocycles. The summed E-state index contributed by atoms with van der Waals surface area (Å²) in [5.74, 6) is -0.314. The van der Waals surface area contributed by atoms with Gasteiger partial charge in [-0.25, -0.2) is 4.79 Å². The smallest absolute Gasteiger partial charge is 0.408 e. The van der Waals surface area contributed by atoms with E-state index in [1.807, 2.05) is 30.3 Å². The summed E-state index contributed by atoms with van der Waals surface area (Å²) in [5, 5.41) is 13.8. The van der Waals surface area contributed by atoms with Gasteiger partial charge in [-0.05, 0) is 5.56 Å². The lowest BCUT2D eigenvalue weighted by atomic mass is 10.0. The van der Waals surface area contributed by atoms with Crippen molar-refractivity contribution in [1.29, 1.82) is 0 Å². The average molecular weight is 250 g/mol. The Labute approximate surface area is 104 Å². The Kier molecular flexibility index (Phi) is 3.78. The molecule has 18 heavy (non-hydrogen) atoms. The van der Waals surface area contributed by atoms with Crippen molar-refractivity contribution in [2.75, 3.05) is 6.61 Å². The van der Waals surface area contributed by atoms with E-state index in [-0.39, 0.29) is 19.1 Å². The zero-order valence-electron chi connectivity index (χ0n) is 9.63. The Morgan fingerprint density at radius 2 is 2.11 bits per heavy atom. The number of hydrogen-bond donors (Lipinski definition) is 3. The van der Waals surface area contributed by atoms with Gasteiger partial charge in [0.25, 0.3) is 0 Å². The number of alkyl carbamates (subject to hydrolysis) is 1. The molecule has 6 heteroatoms. The molecule has 2 unspecified atom stereocenters. The SMILES string of the molecule is O=C(NC1C(=O)NC1CO)OCc1ccccc1. The number of carbonyl (C=O) groups excluding carboxylic acids is 2. The van der Waals surface area contributed by atoms with Gasteiger partial charge < -0.3 is 20.5 Å². The van der Waals surface area contributed by atoms with Gasteiger partial charge >= 0.3 is 6.09 Å². The van der Waals surface area contributed by atoms with Crippen LogP contribution in [-0.4, -0.2) is 35.8 Å². The number of carbonyl (C=O) groups is 2. The van der Waals surface area contributed by atoms with Crippen molar-refractivity contribution in [2.24, 2.45) is 0 Å². The van der Waals surface area contributed by atoms with Crippen LogP contribution in [0, 0.1) is 0 Å². The van der Waals surface area contributed by atoms with E-state index in [9.17, 15) is 9.59 Å². The zero-order valence-corrected chi connectivity index (χ0v) is 9.63. The third-order valence-corrected chi connectivity index (χ3v) is 2.70.